The molecule has 0 spiro atoms. The lowest BCUT2D eigenvalue weighted by molar-refractivity contribution is 0.521. The average molecular weight is 470 g/mol. The number of nitrogens with zero attached hydrogens (tertiary/aromatic N) is 5. The molecule has 0 fully saturated rings. The number of benzene rings is 2. The number of thioether (sulfide) groups is 1. The highest BCUT2D eigenvalue weighted by Gasteiger charge is 2.20. The molecule has 0 unspecified atom stereocenters. The van der Waals surface area contributed by atoms with Gasteiger partial charge in [-0.3, -0.25) is 4.57 Å². The Kier molecular flexibility index (Phi) is 6.15. The number of imidazole rings is 2. The summed E-state index contributed by atoms with van der Waals surface area (Å²) in [6, 6.07) is 11.6. The Morgan fingerprint density at radius 1 is 1.06 bits per heavy atom. The number of hydrogen-bond acceptors (Lipinski definition) is 5. The van der Waals surface area contributed by atoms with E-state index in [0.717, 1.165) is 28.7 Å². The molecule has 4 rings (SSSR count). The van der Waals surface area contributed by atoms with Crippen LogP contribution in [0, 0.1) is 13.8 Å². The zero-order chi connectivity index (χ0) is 23.0. The van der Waals surface area contributed by atoms with Gasteiger partial charge in [0.1, 0.15) is 5.82 Å². The zero-order valence-electron chi connectivity index (χ0n) is 18.9. The minimum atomic E-state index is -3.50. The van der Waals surface area contributed by atoms with Crippen molar-refractivity contribution in [2.75, 3.05) is 14.1 Å². The van der Waals surface area contributed by atoms with E-state index in [1.807, 2.05) is 12.3 Å². The molecule has 2 heterocycles. The molecule has 168 valence electrons. The van der Waals surface area contributed by atoms with Gasteiger partial charge in [0.15, 0.2) is 5.16 Å². The molecule has 0 saturated carbocycles. The van der Waals surface area contributed by atoms with Gasteiger partial charge in [0.05, 0.1) is 21.7 Å². The molecule has 0 amide bonds. The summed E-state index contributed by atoms with van der Waals surface area (Å²) in [6.45, 7) is 7.00. The second-order valence-corrected chi connectivity index (χ2v) is 11.0. The van der Waals surface area contributed by atoms with E-state index in [4.69, 9.17) is 4.98 Å². The van der Waals surface area contributed by atoms with E-state index in [1.165, 1.54) is 29.5 Å². The fraction of sp³-hybridized carbons (Fsp3) is 0.304. The van der Waals surface area contributed by atoms with Crippen LogP contribution in [0.2, 0.25) is 0 Å². The van der Waals surface area contributed by atoms with Crippen molar-refractivity contribution in [3.63, 3.8) is 0 Å². The van der Waals surface area contributed by atoms with Crippen LogP contribution < -0.4 is 0 Å². The van der Waals surface area contributed by atoms with Gasteiger partial charge in [-0.1, -0.05) is 17.8 Å². The lowest BCUT2D eigenvalue weighted by Crippen LogP contribution is -2.22. The van der Waals surface area contributed by atoms with Gasteiger partial charge in [-0.25, -0.2) is 22.7 Å². The maximum Gasteiger partial charge on any atom is 0.242 e. The first-order valence-electron chi connectivity index (χ1n) is 10.4. The molecule has 7 nitrogen and oxygen atoms in total. The standard InChI is InChI=1S/C23H27N5O2S2/c1-6-27-21-8-7-19(32(29,30)26(4)5)14-20(21)25-22(27)15-31-23-24-9-10-28(23)18-12-16(2)11-17(3)13-18/h7-14H,6,15H2,1-5H3. The SMILES string of the molecule is CCn1c(CSc2nccn2-c2cc(C)cc(C)c2)nc2cc(S(=O)(=O)N(C)C)ccc21. The third-order valence-electron chi connectivity index (χ3n) is 5.32. The largest absolute Gasteiger partial charge is 0.328 e. The van der Waals surface area contributed by atoms with E-state index >= 15 is 0 Å². The maximum atomic E-state index is 12.5. The molecule has 0 radical (unpaired) electrons. The maximum absolute atomic E-state index is 12.5. The van der Waals surface area contributed by atoms with Crippen LogP contribution in [0.4, 0.5) is 0 Å². The lowest BCUT2D eigenvalue weighted by Gasteiger charge is -2.11. The van der Waals surface area contributed by atoms with Crippen LogP contribution in [-0.4, -0.2) is 45.9 Å². The molecule has 2 aromatic carbocycles. The first-order valence-corrected chi connectivity index (χ1v) is 12.8. The van der Waals surface area contributed by atoms with Gasteiger partial charge in [0, 0.05) is 38.7 Å². The highest BCUT2D eigenvalue weighted by Crippen LogP contribution is 2.28. The van der Waals surface area contributed by atoms with Crippen molar-refractivity contribution in [3.8, 4) is 5.69 Å². The fourth-order valence-corrected chi connectivity index (χ4v) is 5.65. The van der Waals surface area contributed by atoms with E-state index in [0.29, 0.717) is 11.3 Å². The van der Waals surface area contributed by atoms with Crippen LogP contribution in [-0.2, 0) is 22.3 Å². The normalized spacial score (nSPS) is 12.2. The molecule has 0 aliphatic heterocycles. The van der Waals surface area contributed by atoms with E-state index in [2.05, 4.69) is 53.1 Å². The topological polar surface area (TPSA) is 73.0 Å². The smallest absolute Gasteiger partial charge is 0.242 e. The second kappa shape index (κ2) is 8.73. The van der Waals surface area contributed by atoms with Crippen LogP contribution in [0.15, 0.2) is 58.8 Å². The molecular formula is C23H27N5O2S2. The third kappa shape index (κ3) is 4.20. The quantitative estimate of drug-likeness (QED) is 0.375. The number of rotatable bonds is 7. The first-order chi connectivity index (χ1) is 15.2. The van der Waals surface area contributed by atoms with Gasteiger partial charge in [0.2, 0.25) is 10.0 Å². The number of fused-ring (bicyclic) bond motifs is 1. The number of aromatic nitrogens is 4. The Morgan fingerprint density at radius 3 is 2.44 bits per heavy atom. The summed E-state index contributed by atoms with van der Waals surface area (Å²) < 4.78 is 30.5. The first kappa shape index (κ1) is 22.6. The zero-order valence-corrected chi connectivity index (χ0v) is 20.5. The molecule has 0 N–H and O–H groups in total. The molecule has 9 heteroatoms. The number of aryl methyl sites for hydroxylation is 3. The van der Waals surface area contributed by atoms with Crippen molar-refractivity contribution in [2.45, 2.75) is 43.1 Å². The van der Waals surface area contributed by atoms with E-state index in [-0.39, 0.29) is 4.90 Å². The Morgan fingerprint density at radius 2 is 1.78 bits per heavy atom. The van der Waals surface area contributed by atoms with Crippen molar-refractivity contribution < 1.29 is 8.42 Å². The third-order valence-corrected chi connectivity index (χ3v) is 8.09. The van der Waals surface area contributed by atoms with Gasteiger partial charge in [-0.15, -0.1) is 0 Å². The van der Waals surface area contributed by atoms with Crippen molar-refractivity contribution in [3.05, 3.63) is 65.7 Å². The molecule has 0 bridgehead atoms. The van der Waals surface area contributed by atoms with Crippen LogP contribution in [0.1, 0.15) is 23.9 Å². The van der Waals surface area contributed by atoms with Gasteiger partial charge >= 0.3 is 0 Å². The minimum Gasteiger partial charge on any atom is -0.328 e. The van der Waals surface area contributed by atoms with Crippen molar-refractivity contribution in [2.24, 2.45) is 0 Å². The summed E-state index contributed by atoms with van der Waals surface area (Å²) in [5.41, 5.74) is 5.12. The van der Waals surface area contributed by atoms with Gasteiger partial charge in [-0.05, 0) is 62.2 Å². The Labute approximate surface area is 193 Å². The number of hydrogen-bond donors (Lipinski definition) is 0. The summed E-state index contributed by atoms with van der Waals surface area (Å²) >= 11 is 1.61. The molecule has 0 atom stereocenters. The summed E-state index contributed by atoms with van der Waals surface area (Å²) in [5, 5.41) is 0.889. The molecule has 2 aromatic heterocycles. The van der Waals surface area contributed by atoms with Gasteiger partial charge < -0.3 is 4.57 Å². The Hall–Kier alpha value is -2.62. The molecule has 0 aliphatic rings. The number of sulfonamides is 1. The summed E-state index contributed by atoms with van der Waals surface area (Å²) in [7, 11) is -0.441. The molecule has 32 heavy (non-hydrogen) atoms. The predicted octanol–water partition coefficient (Wildman–Crippen LogP) is 4.40. The summed E-state index contributed by atoms with van der Waals surface area (Å²) in [6.07, 6.45) is 3.78. The Balaban J connectivity index is 1.65. The molecular weight excluding hydrogens is 442 g/mol. The predicted molar refractivity (Wildman–Crippen MR) is 129 cm³/mol. The highest BCUT2D eigenvalue weighted by atomic mass is 32.2. The fourth-order valence-electron chi connectivity index (χ4n) is 3.81. The molecule has 0 aliphatic carbocycles. The van der Waals surface area contributed by atoms with Crippen LogP contribution in [0.5, 0.6) is 0 Å². The second-order valence-electron chi connectivity index (χ2n) is 7.92. The highest BCUT2D eigenvalue weighted by molar-refractivity contribution is 7.98. The van der Waals surface area contributed by atoms with E-state index < -0.39 is 10.0 Å². The van der Waals surface area contributed by atoms with Crippen molar-refractivity contribution in [1.29, 1.82) is 0 Å². The summed E-state index contributed by atoms with van der Waals surface area (Å²) in [5.74, 6) is 1.52. The van der Waals surface area contributed by atoms with Crippen molar-refractivity contribution >= 4 is 32.8 Å². The van der Waals surface area contributed by atoms with Crippen LogP contribution in [0.25, 0.3) is 16.7 Å². The van der Waals surface area contributed by atoms with Crippen molar-refractivity contribution in [1.82, 2.24) is 23.4 Å². The van der Waals surface area contributed by atoms with Crippen LogP contribution in [0.3, 0.4) is 0 Å². The average Bonchev–Trinajstić information content (AvgIpc) is 3.34. The lowest BCUT2D eigenvalue weighted by atomic mass is 10.1. The summed E-state index contributed by atoms with van der Waals surface area (Å²) in [4.78, 5) is 9.57. The Bertz CT molecular complexity index is 1370. The van der Waals surface area contributed by atoms with E-state index in [1.54, 1.807) is 30.1 Å². The molecule has 4 aromatic rings. The van der Waals surface area contributed by atoms with Crippen LogP contribution >= 0.6 is 11.8 Å². The van der Waals surface area contributed by atoms with E-state index in [9.17, 15) is 8.42 Å². The monoisotopic (exact) mass is 469 g/mol. The molecule has 0 saturated heterocycles. The van der Waals surface area contributed by atoms with Gasteiger partial charge in [-0.2, -0.15) is 0 Å². The minimum absolute atomic E-state index is 0.250. The van der Waals surface area contributed by atoms with Gasteiger partial charge in [0.25, 0.3) is 0 Å².